The zero-order valence-corrected chi connectivity index (χ0v) is 17.4. The number of hydrogen-bond donors (Lipinski definition) is 1. The number of hydrogen-bond acceptors (Lipinski definition) is 5. The van der Waals surface area contributed by atoms with Gasteiger partial charge in [-0.25, -0.2) is 0 Å². The Morgan fingerprint density at radius 3 is 1.86 bits per heavy atom. The Hall–Kier alpha value is -2.50. The van der Waals surface area contributed by atoms with Crippen molar-refractivity contribution >= 4 is 23.5 Å². The summed E-state index contributed by atoms with van der Waals surface area (Å²) in [6, 6.07) is 7.02. The molecule has 6 nitrogen and oxygen atoms in total. The maximum absolute atomic E-state index is 12.3. The van der Waals surface area contributed by atoms with Crippen LogP contribution in [0.2, 0.25) is 0 Å². The molecule has 0 fully saturated rings. The topological polar surface area (TPSA) is 87.5 Å². The zero-order chi connectivity index (χ0) is 21.1. The summed E-state index contributed by atoms with van der Waals surface area (Å²) >= 11 is 0. The highest BCUT2D eigenvalue weighted by molar-refractivity contribution is 6.21. The largest absolute Gasteiger partial charge is 0.465 e. The van der Waals surface area contributed by atoms with Crippen LogP contribution in [0.1, 0.15) is 91.8 Å². The maximum atomic E-state index is 12.3. The molecule has 0 aromatic heterocycles. The summed E-state index contributed by atoms with van der Waals surface area (Å²) in [4.78, 5) is 37.2. The van der Waals surface area contributed by atoms with Crippen molar-refractivity contribution in [2.24, 2.45) is 0 Å². The first-order chi connectivity index (χ1) is 14.0. The number of imide groups is 1. The minimum atomic E-state index is -0.307. The van der Waals surface area contributed by atoms with Gasteiger partial charge >= 0.3 is 5.97 Å². The van der Waals surface area contributed by atoms with E-state index in [-0.39, 0.29) is 24.2 Å². The lowest BCUT2D eigenvalue weighted by molar-refractivity contribution is -0.142. The zero-order valence-electron chi connectivity index (χ0n) is 17.4. The molecule has 1 N–H and O–H groups in total. The lowest BCUT2D eigenvalue weighted by atomic mass is 10.1. The van der Waals surface area contributed by atoms with E-state index in [0.29, 0.717) is 30.0 Å². The van der Waals surface area contributed by atoms with Crippen molar-refractivity contribution in [2.75, 3.05) is 13.2 Å². The van der Waals surface area contributed by atoms with Gasteiger partial charge < -0.3 is 10.1 Å². The molecular formula is C23H32N2O4. The molecule has 1 aromatic carbocycles. The summed E-state index contributed by atoms with van der Waals surface area (Å²) in [6.07, 6.45) is 9.66. The van der Waals surface area contributed by atoms with Crippen molar-refractivity contribution in [1.82, 2.24) is 4.90 Å². The second-order valence-corrected chi connectivity index (χ2v) is 7.67. The highest BCUT2D eigenvalue weighted by atomic mass is 16.5. The molecule has 29 heavy (non-hydrogen) atoms. The van der Waals surface area contributed by atoms with Crippen LogP contribution >= 0.6 is 0 Å². The summed E-state index contributed by atoms with van der Waals surface area (Å²) in [7, 11) is 0. The Morgan fingerprint density at radius 2 is 1.34 bits per heavy atom. The normalized spacial score (nSPS) is 12.9. The number of fused-ring (bicyclic) bond motifs is 1. The van der Waals surface area contributed by atoms with Gasteiger partial charge in [-0.3, -0.25) is 19.3 Å². The molecule has 2 rings (SSSR count). The van der Waals surface area contributed by atoms with Gasteiger partial charge in [-0.2, -0.15) is 0 Å². The molecule has 0 bridgehead atoms. The number of rotatable bonds is 14. The molecule has 0 saturated heterocycles. The molecule has 1 heterocycles. The third-order valence-corrected chi connectivity index (χ3v) is 5.08. The number of carbonyl (C=O) groups is 3. The fourth-order valence-electron chi connectivity index (χ4n) is 3.51. The number of nitrogens with one attached hydrogen (secondary N) is 1. The molecule has 158 valence electrons. The van der Waals surface area contributed by atoms with Crippen LogP contribution in [0.15, 0.2) is 24.3 Å². The number of unbranched alkanes of at least 4 members (excludes halogenated alkanes) is 8. The van der Waals surface area contributed by atoms with Gasteiger partial charge in [0, 0.05) is 12.3 Å². The Balaban J connectivity index is 1.43. The molecule has 0 unspecified atom stereocenters. The van der Waals surface area contributed by atoms with E-state index in [0.717, 1.165) is 44.9 Å². The van der Waals surface area contributed by atoms with Crippen molar-refractivity contribution in [3.8, 4) is 0 Å². The fourth-order valence-corrected chi connectivity index (χ4v) is 3.51. The number of carbonyl (C=O) groups excluding carboxylic acids is 3. The molecule has 0 aliphatic carbocycles. The third kappa shape index (κ3) is 7.44. The summed E-state index contributed by atoms with van der Waals surface area (Å²) in [5.41, 5.74) is 1.38. The van der Waals surface area contributed by atoms with E-state index in [4.69, 9.17) is 10.1 Å². The molecular weight excluding hydrogens is 368 g/mol. The highest BCUT2D eigenvalue weighted by Gasteiger charge is 2.34. The van der Waals surface area contributed by atoms with Gasteiger partial charge in [0.2, 0.25) is 0 Å². The first-order valence-corrected chi connectivity index (χ1v) is 10.7. The molecule has 1 aliphatic heterocycles. The monoisotopic (exact) mass is 400 g/mol. The summed E-state index contributed by atoms with van der Waals surface area (Å²) < 4.78 is 5.07. The Bertz CT molecular complexity index is 694. The van der Waals surface area contributed by atoms with Crippen LogP contribution < -0.4 is 0 Å². The number of benzene rings is 1. The van der Waals surface area contributed by atoms with E-state index in [2.05, 4.69) is 0 Å². The van der Waals surface area contributed by atoms with Crippen LogP contribution in [0, 0.1) is 5.41 Å². The number of esters is 1. The van der Waals surface area contributed by atoms with Crippen LogP contribution in [0.4, 0.5) is 0 Å². The Kier molecular flexibility index (Phi) is 9.54. The van der Waals surface area contributed by atoms with Crippen molar-refractivity contribution in [2.45, 2.75) is 71.1 Å². The molecule has 2 amide bonds. The molecule has 0 radical (unpaired) electrons. The predicted molar refractivity (Wildman–Crippen MR) is 112 cm³/mol. The minimum absolute atomic E-state index is 0.0903. The second-order valence-electron chi connectivity index (χ2n) is 7.67. The first-order valence-electron chi connectivity index (χ1n) is 10.7. The second kappa shape index (κ2) is 12.1. The van der Waals surface area contributed by atoms with Crippen molar-refractivity contribution in [3.63, 3.8) is 0 Å². The van der Waals surface area contributed by atoms with E-state index >= 15 is 0 Å². The van der Waals surface area contributed by atoms with Gasteiger partial charge in [0.1, 0.15) is 0 Å². The van der Waals surface area contributed by atoms with Crippen molar-refractivity contribution in [1.29, 1.82) is 5.41 Å². The van der Waals surface area contributed by atoms with Gasteiger partial charge in [0.05, 0.1) is 24.2 Å². The van der Waals surface area contributed by atoms with E-state index < -0.39 is 0 Å². The third-order valence-electron chi connectivity index (χ3n) is 5.08. The fraction of sp³-hybridized carbons (Fsp3) is 0.565. The van der Waals surface area contributed by atoms with Crippen LogP contribution in [-0.2, 0) is 9.53 Å². The van der Waals surface area contributed by atoms with E-state index in [1.807, 2.05) is 0 Å². The van der Waals surface area contributed by atoms with E-state index in [1.54, 1.807) is 31.2 Å². The molecule has 1 aliphatic rings. The molecule has 1 aromatic rings. The van der Waals surface area contributed by atoms with Crippen LogP contribution in [0.25, 0.3) is 0 Å². The van der Waals surface area contributed by atoms with Gasteiger partial charge in [-0.05, 0) is 31.9 Å². The molecule has 6 heteroatoms. The van der Waals surface area contributed by atoms with Gasteiger partial charge in [0.15, 0.2) is 0 Å². The van der Waals surface area contributed by atoms with E-state index in [1.165, 1.54) is 17.7 Å². The highest BCUT2D eigenvalue weighted by Crippen LogP contribution is 2.23. The number of amides is 2. The average molecular weight is 401 g/mol. The molecule has 0 saturated carbocycles. The van der Waals surface area contributed by atoms with Gasteiger partial charge in [0.25, 0.3) is 11.8 Å². The average Bonchev–Trinajstić information content (AvgIpc) is 2.93. The molecule has 0 atom stereocenters. The quantitative estimate of drug-likeness (QED) is 0.211. The SMILES string of the molecule is CC(=N)CC(=O)OCCCCCCCCCCCN1C(=O)c2ccccc2C1=O. The van der Waals surface area contributed by atoms with E-state index in [9.17, 15) is 14.4 Å². The predicted octanol–water partition coefficient (Wildman–Crippen LogP) is 4.77. The smallest absolute Gasteiger partial charge is 0.311 e. The van der Waals surface area contributed by atoms with Crippen LogP contribution in [0.5, 0.6) is 0 Å². The summed E-state index contributed by atoms with van der Waals surface area (Å²) in [6.45, 7) is 2.55. The lowest BCUT2D eigenvalue weighted by Gasteiger charge is -2.13. The molecule has 0 spiro atoms. The Labute approximate surface area is 173 Å². The van der Waals surface area contributed by atoms with Crippen LogP contribution in [0.3, 0.4) is 0 Å². The Morgan fingerprint density at radius 1 is 0.862 bits per heavy atom. The number of nitrogens with zero attached hydrogens (tertiary/aromatic N) is 1. The first kappa shape index (κ1) is 22.8. The van der Waals surface area contributed by atoms with Crippen molar-refractivity contribution in [3.05, 3.63) is 35.4 Å². The lowest BCUT2D eigenvalue weighted by Crippen LogP contribution is -2.30. The summed E-state index contributed by atoms with van der Waals surface area (Å²) in [5.74, 6) is -0.632. The minimum Gasteiger partial charge on any atom is -0.465 e. The van der Waals surface area contributed by atoms with Crippen LogP contribution in [-0.4, -0.2) is 41.5 Å². The summed E-state index contributed by atoms with van der Waals surface area (Å²) in [5, 5.41) is 7.23. The number of ether oxygens (including phenoxy) is 1. The van der Waals surface area contributed by atoms with Gasteiger partial charge in [-0.15, -0.1) is 0 Å². The van der Waals surface area contributed by atoms with Gasteiger partial charge in [-0.1, -0.05) is 57.1 Å². The van der Waals surface area contributed by atoms with Crippen molar-refractivity contribution < 1.29 is 19.1 Å². The maximum Gasteiger partial charge on any atom is 0.311 e. The standard InChI is InChI=1S/C23H32N2O4/c1-18(24)17-21(26)29-16-12-8-6-4-2-3-5-7-11-15-25-22(27)19-13-9-10-14-20(19)23(25)28/h9-10,13-14,24H,2-8,11-12,15-17H2,1H3.